The quantitative estimate of drug-likeness (QED) is 0.355. The second kappa shape index (κ2) is 11.8. The zero-order valence-electron chi connectivity index (χ0n) is 25.6. The van der Waals surface area contributed by atoms with Gasteiger partial charge in [-0.15, -0.1) is 11.3 Å². The van der Waals surface area contributed by atoms with Gasteiger partial charge in [-0.2, -0.15) is 5.10 Å². The second-order valence-corrected chi connectivity index (χ2v) is 15.7. The van der Waals surface area contributed by atoms with Gasteiger partial charge in [0.2, 0.25) is 5.91 Å². The first-order valence-electron chi connectivity index (χ1n) is 14.6. The average Bonchev–Trinajstić information content (AvgIpc) is 3.28. The fourth-order valence-corrected chi connectivity index (χ4v) is 8.23. The molecule has 0 radical (unpaired) electrons. The number of aromatic nitrogens is 4. The molecule has 0 spiro atoms. The Kier molecular flexibility index (Phi) is 8.54. The smallest absolute Gasteiger partial charge is 0.407 e. The lowest BCUT2D eigenvalue weighted by Gasteiger charge is -2.33. The molecule has 1 saturated heterocycles. The van der Waals surface area contributed by atoms with Crippen LogP contribution in [-0.4, -0.2) is 75.0 Å². The Morgan fingerprint density at radius 3 is 2.45 bits per heavy atom. The van der Waals surface area contributed by atoms with Crippen molar-refractivity contribution in [3.8, 4) is 0 Å². The molecule has 2 N–H and O–H groups in total. The molecule has 2 amide bonds. The van der Waals surface area contributed by atoms with Gasteiger partial charge in [0.25, 0.3) is 15.6 Å². The number of alkyl carbamates (subject to hydrolysis) is 1. The van der Waals surface area contributed by atoms with Crippen molar-refractivity contribution in [2.75, 3.05) is 19.6 Å². The maximum Gasteiger partial charge on any atom is 0.407 e. The van der Waals surface area contributed by atoms with Crippen LogP contribution in [0.15, 0.2) is 32.3 Å². The number of likely N-dealkylation sites (tertiary alicyclic amines) is 1. The fraction of sp³-hybridized carbons (Fsp3) is 0.607. The number of carbonyl (C=O) groups is 2. The van der Waals surface area contributed by atoms with Crippen molar-refractivity contribution in [1.29, 1.82) is 0 Å². The first-order valence-corrected chi connectivity index (χ1v) is 16.9. The molecule has 3 aromatic rings. The van der Waals surface area contributed by atoms with Gasteiger partial charge in [0.1, 0.15) is 14.6 Å². The summed E-state index contributed by atoms with van der Waals surface area (Å²) in [6, 6.07) is 1.00. The largest absolute Gasteiger partial charge is 0.444 e. The second-order valence-electron chi connectivity index (χ2n) is 12.8. The Hall–Kier alpha value is -3.50. The van der Waals surface area contributed by atoms with Crippen LogP contribution in [0.25, 0.3) is 10.2 Å². The topological polar surface area (TPSA) is 167 Å². The zero-order chi connectivity index (χ0) is 32.0. The van der Waals surface area contributed by atoms with Crippen molar-refractivity contribution in [2.24, 2.45) is 7.05 Å². The molecular formula is C28H39N7O7S2. The summed E-state index contributed by atoms with van der Waals surface area (Å²) >= 11 is 0.915. The van der Waals surface area contributed by atoms with Crippen molar-refractivity contribution in [1.82, 2.24) is 33.9 Å². The van der Waals surface area contributed by atoms with Gasteiger partial charge >= 0.3 is 11.8 Å². The lowest BCUT2D eigenvalue weighted by Crippen LogP contribution is -2.45. The van der Waals surface area contributed by atoms with E-state index in [2.05, 4.69) is 15.1 Å². The summed E-state index contributed by atoms with van der Waals surface area (Å²) in [5, 5.41) is 6.88. The highest BCUT2D eigenvalue weighted by Crippen LogP contribution is 2.38. The van der Waals surface area contributed by atoms with Crippen LogP contribution in [0.3, 0.4) is 0 Å². The SMILES string of the molecule is Cn1cc(Cn2c(=O)c3cc(S(=O)(=O)NC4(C)CC4)sc3n(C3CCN(C(=O)CCNC(=O)OC(C)(C)C)CC3)c2=O)cn1. The van der Waals surface area contributed by atoms with Crippen LogP contribution in [-0.2, 0) is 33.1 Å². The summed E-state index contributed by atoms with van der Waals surface area (Å²) in [6.45, 7) is 7.94. The van der Waals surface area contributed by atoms with E-state index in [4.69, 9.17) is 4.74 Å². The Morgan fingerprint density at radius 2 is 1.86 bits per heavy atom. The summed E-state index contributed by atoms with van der Waals surface area (Å²) in [5.41, 5.74) is -1.59. The summed E-state index contributed by atoms with van der Waals surface area (Å²) in [4.78, 5) is 54.3. The number of nitrogens with one attached hydrogen (secondary N) is 2. The van der Waals surface area contributed by atoms with Crippen LogP contribution in [0.2, 0.25) is 0 Å². The van der Waals surface area contributed by atoms with Crippen LogP contribution in [0.1, 0.15) is 71.4 Å². The number of aryl methyl sites for hydroxylation is 1. The van der Waals surface area contributed by atoms with E-state index in [1.165, 1.54) is 10.6 Å². The van der Waals surface area contributed by atoms with Gasteiger partial charge in [0.05, 0.1) is 18.1 Å². The molecule has 0 atom stereocenters. The molecule has 0 bridgehead atoms. The van der Waals surface area contributed by atoms with E-state index in [-0.39, 0.29) is 41.1 Å². The number of carbonyl (C=O) groups excluding carboxylic acids is 2. The van der Waals surface area contributed by atoms with Crippen LogP contribution in [0, 0.1) is 0 Å². The van der Waals surface area contributed by atoms with Crippen molar-refractivity contribution in [3.63, 3.8) is 0 Å². The van der Waals surface area contributed by atoms with Crippen LogP contribution < -0.4 is 21.3 Å². The van der Waals surface area contributed by atoms with E-state index < -0.39 is 38.5 Å². The van der Waals surface area contributed by atoms with Crippen molar-refractivity contribution >= 4 is 43.6 Å². The first kappa shape index (κ1) is 31.9. The minimum Gasteiger partial charge on any atom is -0.444 e. The highest BCUT2D eigenvalue weighted by molar-refractivity contribution is 7.91. The summed E-state index contributed by atoms with van der Waals surface area (Å²) in [7, 11) is -2.17. The van der Waals surface area contributed by atoms with Crippen molar-refractivity contribution in [3.05, 3.63) is 44.9 Å². The van der Waals surface area contributed by atoms with Gasteiger partial charge in [0.15, 0.2) is 0 Å². The van der Waals surface area contributed by atoms with E-state index in [9.17, 15) is 27.6 Å². The third-order valence-corrected chi connectivity index (χ3v) is 11.0. The fourth-order valence-electron chi connectivity index (χ4n) is 5.25. The molecule has 0 unspecified atom stereocenters. The van der Waals surface area contributed by atoms with E-state index in [0.29, 0.717) is 36.3 Å². The van der Waals surface area contributed by atoms with E-state index in [1.54, 1.807) is 49.8 Å². The normalized spacial score (nSPS) is 17.2. The first-order chi connectivity index (χ1) is 20.6. The molecule has 1 aliphatic carbocycles. The minimum atomic E-state index is -3.91. The highest BCUT2D eigenvalue weighted by Gasteiger charge is 2.42. The van der Waals surface area contributed by atoms with Gasteiger partial charge in [-0.1, -0.05) is 0 Å². The Morgan fingerprint density at radius 1 is 1.18 bits per heavy atom. The van der Waals surface area contributed by atoms with Crippen molar-refractivity contribution in [2.45, 2.75) is 87.7 Å². The monoisotopic (exact) mass is 649 g/mol. The number of nitrogens with zero attached hydrogens (tertiary/aromatic N) is 5. The standard InChI is InChI=1S/C28H39N7O7S2/c1-27(2,3)42-25(38)29-11-6-21(36)33-12-7-19(8-13-33)35-24-20(14-22(43-24)44(40,41)31-28(4)9-10-28)23(37)34(26(35)39)17-18-15-30-32(5)16-18/h14-16,19,31H,6-13,17H2,1-5H3,(H,29,38). The number of piperidine rings is 1. The molecular weight excluding hydrogens is 610 g/mol. The number of ether oxygens (including phenoxy) is 1. The molecule has 240 valence electrons. The Labute approximate surface area is 259 Å². The van der Waals surface area contributed by atoms with Crippen LogP contribution in [0.5, 0.6) is 0 Å². The number of fused-ring (bicyclic) bond motifs is 1. The average molecular weight is 650 g/mol. The summed E-state index contributed by atoms with van der Waals surface area (Å²) in [6.07, 6.45) is 5.12. The summed E-state index contributed by atoms with van der Waals surface area (Å²) in [5.74, 6) is -0.136. The van der Waals surface area contributed by atoms with Crippen LogP contribution >= 0.6 is 11.3 Å². The van der Waals surface area contributed by atoms with Crippen LogP contribution in [0.4, 0.5) is 4.79 Å². The van der Waals surface area contributed by atoms with Gasteiger partial charge in [-0.05, 0) is 59.4 Å². The van der Waals surface area contributed by atoms with E-state index in [0.717, 1.165) is 28.7 Å². The predicted molar refractivity (Wildman–Crippen MR) is 164 cm³/mol. The lowest BCUT2D eigenvalue weighted by atomic mass is 10.0. The number of hydrogen-bond acceptors (Lipinski definition) is 9. The number of hydrogen-bond donors (Lipinski definition) is 2. The molecule has 2 fully saturated rings. The molecule has 3 aromatic heterocycles. The molecule has 16 heteroatoms. The number of sulfonamides is 1. The minimum absolute atomic E-state index is 0.0162. The van der Waals surface area contributed by atoms with E-state index in [1.807, 2.05) is 6.92 Å². The van der Waals surface area contributed by atoms with Crippen molar-refractivity contribution < 1.29 is 22.7 Å². The summed E-state index contributed by atoms with van der Waals surface area (Å²) < 4.78 is 38.6. The molecule has 0 aromatic carbocycles. The highest BCUT2D eigenvalue weighted by atomic mass is 32.2. The molecule has 44 heavy (non-hydrogen) atoms. The number of rotatable bonds is 9. The van der Waals surface area contributed by atoms with Gasteiger partial charge in [-0.3, -0.25) is 23.4 Å². The Bertz CT molecular complexity index is 1800. The van der Waals surface area contributed by atoms with Gasteiger partial charge in [-0.25, -0.2) is 22.7 Å². The van der Waals surface area contributed by atoms with E-state index >= 15 is 0 Å². The number of amides is 2. The molecule has 5 rings (SSSR count). The third kappa shape index (κ3) is 7.07. The third-order valence-electron chi connectivity index (χ3n) is 7.76. The Balaban J connectivity index is 1.39. The van der Waals surface area contributed by atoms with Gasteiger partial charge in [0, 0.05) is 56.4 Å². The van der Waals surface area contributed by atoms with Gasteiger partial charge < -0.3 is 15.0 Å². The molecule has 1 aliphatic heterocycles. The zero-order valence-corrected chi connectivity index (χ0v) is 27.2. The molecule has 4 heterocycles. The number of thiophene rings is 1. The lowest BCUT2D eigenvalue weighted by molar-refractivity contribution is -0.132. The maximum atomic E-state index is 13.9. The maximum absolute atomic E-state index is 13.9. The molecule has 14 nitrogen and oxygen atoms in total. The predicted octanol–water partition coefficient (Wildman–Crippen LogP) is 1.92. The molecule has 2 aliphatic rings. The molecule has 1 saturated carbocycles.